The van der Waals surface area contributed by atoms with Crippen LogP contribution in [0.1, 0.15) is 25.3 Å². The summed E-state index contributed by atoms with van der Waals surface area (Å²) in [4.78, 5) is 0. The van der Waals surface area contributed by atoms with Gasteiger partial charge >= 0.3 is 0 Å². The minimum absolute atomic E-state index is 0.000000000000000444. The summed E-state index contributed by atoms with van der Waals surface area (Å²) >= 11 is 0. The molecule has 90 valence electrons. The molecule has 2 rings (SSSR count). The molecule has 0 spiro atoms. The number of nitrogens with two attached hydrogens (primary N) is 1. The van der Waals surface area contributed by atoms with Crippen LogP contribution in [0.4, 0.5) is 14.6 Å². The zero-order valence-electron chi connectivity index (χ0n) is 9.50. The molecule has 3 nitrogen and oxygen atoms in total. The molecule has 0 aliphatic carbocycles. The molecule has 0 fully saturated rings. The Morgan fingerprint density at radius 1 is 1.29 bits per heavy atom. The zero-order chi connectivity index (χ0) is 12.6. The molecular weight excluding hydrogens is 226 g/mol. The van der Waals surface area contributed by atoms with Gasteiger partial charge in [-0.05, 0) is 17.5 Å². The molecule has 0 unspecified atom stereocenters. The minimum Gasteiger partial charge on any atom is -0.381 e. The number of hydrogen-bond acceptors (Lipinski definition) is 3. The Hall–Kier alpha value is -1.91. The molecule has 1 heterocycles. The van der Waals surface area contributed by atoms with Crippen LogP contribution in [0.3, 0.4) is 0 Å². The van der Waals surface area contributed by atoms with E-state index in [1.807, 2.05) is 13.8 Å². The maximum Gasteiger partial charge on any atom is 0.174 e. The van der Waals surface area contributed by atoms with E-state index in [1.165, 1.54) is 18.2 Å². The first-order valence-corrected chi connectivity index (χ1v) is 5.21. The molecule has 1 aromatic carbocycles. The zero-order valence-corrected chi connectivity index (χ0v) is 9.50. The fourth-order valence-electron chi connectivity index (χ4n) is 1.65. The molecule has 0 saturated heterocycles. The van der Waals surface area contributed by atoms with Gasteiger partial charge in [0.05, 0.1) is 5.56 Å². The smallest absolute Gasteiger partial charge is 0.174 e. The normalized spacial score (nSPS) is 11.1. The lowest BCUT2D eigenvalue weighted by atomic mass is 9.98. The number of rotatable bonds is 2. The Labute approximate surface area is 97.2 Å². The number of anilines is 1. The van der Waals surface area contributed by atoms with E-state index < -0.39 is 11.6 Å². The summed E-state index contributed by atoms with van der Waals surface area (Å²) in [6, 6.07) is 3.94. The third-order valence-corrected chi connectivity index (χ3v) is 2.52. The summed E-state index contributed by atoms with van der Waals surface area (Å²) in [6.45, 7) is 3.66. The van der Waals surface area contributed by atoms with Crippen LogP contribution in [0.2, 0.25) is 0 Å². The summed E-state index contributed by atoms with van der Waals surface area (Å²) in [5.41, 5.74) is 5.57. The third kappa shape index (κ3) is 2.00. The molecule has 0 bridgehead atoms. The van der Waals surface area contributed by atoms with Crippen LogP contribution in [-0.4, -0.2) is 5.16 Å². The van der Waals surface area contributed by atoms with Crippen molar-refractivity contribution in [1.82, 2.24) is 5.16 Å². The number of hydrogen-bond donors (Lipinski definition) is 1. The summed E-state index contributed by atoms with van der Waals surface area (Å²) in [5.74, 6) is -1.28. The van der Waals surface area contributed by atoms with Gasteiger partial charge in [-0.3, -0.25) is 0 Å². The second-order valence-electron chi connectivity index (χ2n) is 4.10. The Morgan fingerprint density at radius 2 is 2.00 bits per heavy atom. The van der Waals surface area contributed by atoms with Crippen molar-refractivity contribution < 1.29 is 13.3 Å². The Morgan fingerprint density at radius 3 is 2.53 bits per heavy atom. The van der Waals surface area contributed by atoms with E-state index in [0.717, 1.165) is 0 Å². The second-order valence-corrected chi connectivity index (χ2v) is 4.10. The Kier molecular flexibility index (Phi) is 2.83. The first-order valence-electron chi connectivity index (χ1n) is 5.21. The number of benzene rings is 1. The SMILES string of the molecule is CC(C)c1ccc(F)c(-c2cc(N)no2)c1F. The number of nitrogens with zero attached hydrogens (tertiary/aromatic N) is 1. The lowest BCUT2D eigenvalue weighted by molar-refractivity contribution is 0.429. The van der Waals surface area contributed by atoms with E-state index in [-0.39, 0.29) is 23.1 Å². The van der Waals surface area contributed by atoms with Crippen molar-refractivity contribution in [2.75, 3.05) is 5.73 Å². The fourth-order valence-corrected chi connectivity index (χ4v) is 1.65. The maximum atomic E-state index is 14.1. The lowest BCUT2D eigenvalue weighted by Crippen LogP contribution is -1.98. The molecular formula is C12H12F2N2O. The predicted molar refractivity (Wildman–Crippen MR) is 60.4 cm³/mol. The van der Waals surface area contributed by atoms with Crippen molar-refractivity contribution in [2.45, 2.75) is 19.8 Å². The number of nitrogen functional groups attached to an aromatic ring is 1. The predicted octanol–water partition coefficient (Wildman–Crippen LogP) is 3.33. The molecule has 0 radical (unpaired) electrons. The maximum absolute atomic E-state index is 14.1. The molecule has 2 N–H and O–H groups in total. The Balaban J connectivity index is 2.64. The van der Waals surface area contributed by atoms with E-state index in [4.69, 9.17) is 10.3 Å². The molecule has 0 saturated carbocycles. The van der Waals surface area contributed by atoms with Gasteiger partial charge in [-0.15, -0.1) is 0 Å². The second kappa shape index (κ2) is 4.16. The van der Waals surface area contributed by atoms with E-state index in [2.05, 4.69) is 5.16 Å². The first kappa shape index (κ1) is 11.6. The van der Waals surface area contributed by atoms with Gasteiger partial charge in [-0.25, -0.2) is 8.78 Å². The topological polar surface area (TPSA) is 52.0 Å². The molecule has 5 heteroatoms. The van der Waals surface area contributed by atoms with Crippen molar-refractivity contribution >= 4 is 5.82 Å². The monoisotopic (exact) mass is 238 g/mol. The fraction of sp³-hybridized carbons (Fsp3) is 0.250. The van der Waals surface area contributed by atoms with E-state index >= 15 is 0 Å². The molecule has 0 aliphatic heterocycles. The number of halogens is 2. The van der Waals surface area contributed by atoms with Crippen LogP contribution >= 0.6 is 0 Å². The molecule has 1 aromatic heterocycles. The summed E-state index contributed by atoms with van der Waals surface area (Å²) in [5, 5.41) is 3.42. The van der Waals surface area contributed by atoms with Crippen molar-refractivity contribution in [3.8, 4) is 11.3 Å². The van der Waals surface area contributed by atoms with Crippen molar-refractivity contribution in [3.05, 3.63) is 35.4 Å². The van der Waals surface area contributed by atoms with Crippen LogP contribution in [0.25, 0.3) is 11.3 Å². The van der Waals surface area contributed by atoms with Gasteiger partial charge in [0.2, 0.25) is 0 Å². The van der Waals surface area contributed by atoms with Crippen LogP contribution in [0, 0.1) is 11.6 Å². The third-order valence-electron chi connectivity index (χ3n) is 2.52. The van der Waals surface area contributed by atoms with Crippen LogP contribution < -0.4 is 5.73 Å². The Bertz CT molecular complexity index is 549. The lowest BCUT2D eigenvalue weighted by Gasteiger charge is -2.10. The molecule has 0 aliphatic rings. The standard InChI is InChI=1S/C12H12F2N2O/c1-6(2)7-3-4-8(13)11(12(7)14)9-5-10(15)16-17-9/h3-6H,1-2H3,(H2,15,16). The highest BCUT2D eigenvalue weighted by Gasteiger charge is 2.20. The van der Waals surface area contributed by atoms with Gasteiger partial charge in [0, 0.05) is 6.07 Å². The molecule has 0 atom stereocenters. The highest BCUT2D eigenvalue weighted by molar-refractivity contribution is 5.62. The van der Waals surface area contributed by atoms with Gasteiger partial charge in [-0.1, -0.05) is 25.1 Å². The van der Waals surface area contributed by atoms with Crippen LogP contribution in [-0.2, 0) is 0 Å². The molecule has 0 amide bonds. The quantitative estimate of drug-likeness (QED) is 0.873. The van der Waals surface area contributed by atoms with Crippen molar-refractivity contribution in [3.63, 3.8) is 0 Å². The van der Waals surface area contributed by atoms with E-state index in [9.17, 15) is 8.78 Å². The van der Waals surface area contributed by atoms with E-state index in [0.29, 0.717) is 5.56 Å². The first-order chi connectivity index (χ1) is 8.00. The summed E-state index contributed by atoms with van der Waals surface area (Å²) in [7, 11) is 0. The van der Waals surface area contributed by atoms with Gasteiger partial charge in [-0.2, -0.15) is 0 Å². The van der Waals surface area contributed by atoms with Gasteiger partial charge in [0.15, 0.2) is 11.6 Å². The minimum atomic E-state index is -0.692. The van der Waals surface area contributed by atoms with Crippen molar-refractivity contribution in [2.24, 2.45) is 0 Å². The highest BCUT2D eigenvalue weighted by atomic mass is 19.1. The van der Waals surface area contributed by atoms with Crippen molar-refractivity contribution in [1.29, 1.82) is 0 Å². The van der Waals surface area contributed by atoms with Crippen LogP contribution in [0.5, 0.6) is 0 Å². The average Bonchev–Trinajstić information content (AvgIpc) is 2.64. The molecule has 17 heavy (non-hydrogen) atoms. The molecule has 2 aromatic rings. The van der Waals surface area contributed by atoms with Gasteiger partial charge < -0.3 is 10.3 Å². The highest BCUT2D eigenvalue weighted by Crippen LogP contribution is 2.31. The summed E-state index contributed by atoms with van der Waals surface area (Å²) < 4.78 is 32.5. The van der Waals surface area contributed by atoms with Gasteiger partial charge in [0.1, 0.15) is 11.6 Å². The van der Waals surface area contributed by atoms with E-state index in [1.54, 1.807) is 0 Å². The number of aromatic nitrogens is 1. The largest absolute Gasteiger partial charge is 0.381 e. The van der Waals surface area contributed by atoms with Gasteiger partial charge in [0.25, 0.3) is 0 Å². The average molecular weight is 238 g/mol. The van der Waals surface area contributed by atoms with Crippen LogP contribution in [0.15, 0.2) is 22.7 Å². The summed E-state index contributed by atoms with van der Waals surface area (Å²) in [6.07, 6.45) is 0.